The summed E-state index contributed by atoms with van der Waals surface area (Å²) in [5, 5.41) is 0.807. The van der Waals surface area contributed by atoms with Crippen molar-refractivity contribution in [1.29, 1.82) is 0 Å². The van der Waals surface area contributed by atoms with E-state index in [-0.39, 0.29) is 17.1 Å². The fourth-order valence-electron chi connectivity index (χ4n) is 3.42. The van der Waals surface area contributed by atoms with Crippen LogP contribution >= 0.6 is 11.6 Å². The lowest BCUT2D eigenvalue weighted by Crippen LogP contribution is -2.47. The predicted octanol–water partition coefficient (Wildman–Crippen LogP) is 4.95. The molecule has 2 atom stereocenters. The summed E-state index contributed by atoms with van der Waals surface area (Å²) in [6, 6.07) is 2.88. The molecule has 1 aliphatic heterocycles. The third-order valence-corrected chi connectivity index (χ3v) is 4.92. The molecule has 0 N–H and O–H groups in total. The number of halogens is 2. The molecule has 0 unspecified atom stereocenters. The van der Waals surface area contributed by atoms with Gasteiger partial charge in [-0.15, -0.1) is 6.58 Å². The van der Waals surface area contributed by atoms with Gasteiger partial charge in [0, 0.05) is 18.6 Å². The Bertz CT molecular complexity index is 853. The molecule has 1 amide bonds. The van der Waals surface area contributed by atoms with Gasteiger partial charge in [0.25, 0.3) is 0 Å². The number of aromatic nitrogens is 1. The lowest BCUT2D eigenvalue weighted by atomic mass is 9.92. The summed E-state index contributed by atoms with van der Waals surface area (Å²) in [7, 11) is 1.70. The number of benzene rings is 1. The fourth-order valence-corrected chi connectivity index (χ4v) is 3.63. The van der Waals surface area contributed by atoms with Crippen LogP contribution in [0.5, 0.6) is 0 Å². The molecule has 0 saturated carbocycles. The number of rotatable bonds is 2. The number of carbonyl (C=O) groups excluding carboxylic acids is 1. The second-order valence-electron chi connectivity index (χ2n) is 7.41. The SMILES string of the molecule is C=C[C@H]1[C@@H](N(C)C(=O)OC(C)(C)C)Cc2cc(F)c(Cl)c3ccn1c23. The highest BCUT2D eigenvalue weighted by Gasteiger charge is 2.35. The summed E-state index contributed by atoms with van der Waals surface area (Å²) in [6.07, 6.45) is 3.75. The van der Waals surface area contributed by atoms with Crippen LogP contribution in [-0.2, 0) is 11.2 Å². The van der Waals surface area contributed by atoms with Crippen LogP contribution in [0.4, 0.5) is 9.18 Å². The van der Waals surface area contributed by atoms with Crippen molar-refractivity contribution in [2.75, 3.05) is 7.05 Å². The zero-order valence-corrected chi connectivity index (χ0v) is 15.6. The van der Waals surface area contributed by atoms with Crippen LogP contribution in [0.25, 0.3) is 10.9 Å². The van der Waals surface area contributed by atoms with Crippen molar-refractivity contribution in [2.45, 2.75) is 44.9 Å². The molecule has 3 rings (SSSR count). The van der Waals surface area contributed by atoms with Gasteiger partial charge in [0.05, 0.1) is 22.6 Å². The first-order valence-corrected chi connectivity index (χ1v) is 8.57. The second-order valence-corrected chi connectivity index (χ2v) is 7.78. The maximum atomic E-state index is 14.2. The first-order valence-electron chi connectivity index (χ1n) is 8.20. The van der Waals surface area contributed by atoms with E-state index < -0.39 is 17.5 Å². The molecule has 0 radical (unpaired) electrons. The van der Waals surface area contributed by atoms with Crippen LogP contribution in [0.15, 0.2) is 31.0 Å². The van der Waals surface area contributed by atoms with Crippen molar-refractivity contribution >= 4 is 28.6 Å². The molecule has 2 heterocycles. The van der Waals surface area contributed by atoms with Gasteiger partial charge < -0.3 is 14.2 Å². The third-order valence-electron chi connectivity index (χ3n) is 4.53. The van der Waals surface area contributed by atoms with Gasteiger partial charge in [0.1, 0.15) is 11.4 Å². The van der Waals surface area contributed by atoms with Crippen LogP contribution < -0.4 is 0 Å². The normalized spacial score (nSPS) is 19.8. The van der Waals surface area contributed by atoms with Crippen molar-refractivity contribution in [2.24, 2.45) is 0 Å². The molecule has 1 aliphatic rings. The Morgan fingerprint density at radius 1 is 1.52 bits per heavy atom. The molecule has 4 nitrogen and oxygen atoms in total. The summed E-state index contributed by atoms with van der Waals surface area (Å²) in [5.41, 5.74) is 1.13. The zero-order chi connectivity index (χ0) is 18.5. The van der Waals surface area contributed by atoms with Gasteiger partial charge in [0.15, 0.2) is 0 Å². The Balaban J connectivity index is 2.03. The number of ether oxygens (including phenoxy) is 1. The molecule has 0 aliphatic carbocycles. The van der Waals surface area contributed by atoms with Crippen molar-refractivity contribution in [3.05, 3.63) is 47.4 Å². The zero-order valence-electron chi connectivity index (χ0n) is 14.8. The monoisotopic (exact) mass is 364 g/mol. The smallest absolute Gasteiger partial charge is 0.410 e. The van der Waals surface area contributed by atoms with Crippen molar-refractivity contribution in [3.8, 4) is 0 Å². The lowest BCUT2D eigenvalue weighted by Gasteiger charge is -2.38. The highest BCUT2D eigenvalue weighted by Crippen LogP contribution is 2.39. The van der Waals surface area contributed by atoms with Crippen LogP contribution in [0, 0.1) is 5.82 Å². The molecule has 25 heavy (non-hydrogen) atoms. The van der Waals surface area contributed by atoms with Crippen molar-refractivity contribution < 1.29 is 13.9 Å². The number of nitrogens with zero attached hydrogens (tertiary/aromatic N) is 2. The number of carbonyl (C=O) groups is 1. The van der Waals surface area contributed by atoms with Gasteiger partial charge in [0.2, 0.25) is 0 Å². The Morgan fingerprint density at radius 3 is 2.80 bits per heavy atom. The summed E-state index contributed by atoms with van der Waals surface area (Å²) < 4.78 is 21.6. The van der Waals surface area contributed by atoms with E-state index in [4.69, 9.17) is 16.3 Å². The van der Waals surface area contributed by atoms with Crippen LogP contribution in [0.2, 0.25) is 5.02 Å². The summed E-state index contributed by atoms with van der Waals surface area (Å²) in [6.45, 7) is 9.40. The number of hydrogen-bond donors (Lipinski definition) is 0. The van der Waals surface area contributed by atoms with Crippen LogP contribution in [0.3, 0.4) is 0 Å². The molecule has 2 aromatic rings. The van der Waals surface area contributed by atoms with E-state index in [2.05, 4.69) is 6.58 Å². The van der Waals surface area contributed by atoms with E-state index in [0.717, 1.165) is 11.1 Å². The molecular formula is C19H22ClFN2O2. The summed E-state index contributed by atoms with van der Waals surface area (Å²) in [4.78, 5) is 14.1. The largest absolute Gasteiger partial charge is 0.444 e. The first kappa shape index (κ1) is 17.8. The maximum absolute atomic E-state index is 14.2. The summed E-state index contributed by atoms with van der Waals surface area (Å²) >= 11 is 6.11. The fraction of sp³-hybridized carbons (Fsp3) is 0.421. The minimum atomic E-state index is -0.581. The second kappa shape index (κ2) is 6.06. The maximum Gasteiger partial charge on any atom is 0.410 e. The van der Waals surface area contributed by atoms with E-state index in [9.17, 15) is 9.18 Å². The topological polar surface area (TPSA) is 34.5 Å². The van der Waals surface area contributed by atoms with E-state index in [1.54, 1.807) is 24.1 Å². The Hall–Kier alpha value is -2.01. The molecule has 0 spiro atoms. The molecule has 6 heteroatoms. The highest BCUT2D eigenvalue weighted by molar-refractivity contribution is 6.35. The van der Waals surface area contributed by atoms with E-state index >= 15 is 0 Å². The number of amides is 1. The molecule has 0 bridgehead atoms. The molecule has 0 saturated heterocycles. The molecule has 0 fully saturated rings. The van der Waals surface area contributed by atoms with Gasteiger partial charge in [-0.2, -0.15) is 0 Å². The number of likely N-dealkylation sites (N-methyl/N-ethyl adjacent to an activating group) is 1. The molecule has 134 valence electrons. The molecule has 1 aromatic heterocycles. The summed E-state index contributed by atoms with van der Waals surface area (Å²) in [5.74, 6) is -0.447. The van der Waals surface area contributed by atoms with Gasteiger partial charge in [-0.1, -0.05) is 17.7 Å². The Morgan fingerprint density at radius 2 is 2.20 bits per heavy atom. The first-order chi connectivity index (χ1) is 11.6. The minimum absolute atomic E-state index is 0.124. The molecule has 1 aromatic carbocycles. The Kier molecular flexibility index (Phi) is 4.31. The minimum Gasteiger partial charge on any atom is -0.444 e. The standard InChI is InChI=1S/C19H22ClFN2O2/c1-6-14-15(22(5)18(24)25-19(2,3)4)10-11-9-13(21)16(20)12-7-8-23(14)17(11)12/h6-9,14-15H,1,10H2,2-5H3/t14-,15-/m0/s1. The van der Waals surface area contributed by atoms with E-state index in [1.165, 1.54) is 6.07 Å². The van der Waals surface area contributed by atoms with Gasteiger partial charge in [-0.25, -0.2) is 9.18 Å². The number of hydrogen-bond acceptors (Lipinski definition) is 2. The van der Waals surface area contributed by atoms with Gasteiger partial charge in [-0.05, 0) is 44.9 Å². The van der Waals surface area contributed by atoms with Crippen LogP contribution in [-0.4, -0.2) is 34.3 Å². The highest BCUT2D eigenvalue weighted by atomic mass is 35.5. The average Bonchev–Trinajstić information content (AvgIpc) is 2.95. The Labute approximate surface area is 151 Å². The lowest BCUT2D eigenvalue weighted by molar-refractivity contribution is 0.0186. The quantitative estimate of drug-likeness (QED) is 0.706. The predicted molar refractivity (Wildman–Crippen MR) is 97.6 cm³/mol. The van der Waals surface area contributed by atoms with Crippen molar-refractivity contribution in [3.63, 3.8) is 0 Å². The van der Waals surface area contributed by atoms with Crippen molar-refractivity contribution in [1.82, 2.24) is 9.47 Å². The van der Waals surface area contributed by atoms with Crippen LogP contribution in [0.1, 0.15) is 32.4 Å². The molecular weight excluding hydrogens is 343 g/mol. The van der Waals surface area contributed by atoms with E-state index in [1.807, 2.05) is 31.5 Å². The third kappa shape index (κ3) is 3.01. The van der Waals surface area contributed by atoms with Gasteiger partial charge >= 0.3 is 6.09 Å². The van der Waals surface area contributed by atoms with E-state index in [0.29, 0.717) is 11.8 Å². The van der Waals surface area contributed by atoms with Gasteiger partial charge in [-0.3, -0.25) is 0 Å². The average molecular weight is 365 g/mol.